The molecule has 0 saturated carbocycles. The Morgan fingerprint density at radius 2 is 2.03 bits per heavy atom. The number of hydrazone groups is 1. The molecule has 0 amide bonds. The van der Waals surface area contributed by atoms with Gasteiger partial charge in [-0.1, -0.05) is 38.0 Å². The molecule has 1 aliphatic rings. The minimum Gasteiger partial charge on any atom is -0.463 e. The fraction of sp³-hybridized carbons (Fsp3) is 0.435. The minimum atomic E-state index is 0.416. The van der Waals surface area contributed by atoms with Gasteiger partial charge in [0.25, 0.3) is 0 Å². The Bertz CT molecular complexity index is 977. The van der Waals surface area contributed by atoms with E-state index in [0.29, 0.717) is 18.4 Å². The monoisotopic (exact) mass is 406 g/mol. The van der Waals surface area contributed by atoms with Gasteiger partial charge in [0.05, 0.1) is 12.8 Å². The molecule has 1 fully saturated rings. The number of piperidine rings is 1. The molecule has 0 atom stereocenters. The van der Waals surface area contributed by atoms with E-state index in [1.165, 1.54) is 19.3 Å². The molecule has 7 heteroatoms. The number of para-hydroxylation sites is 1. The van der Waals surface area contributed by atoms with E-state index in [9.17, 15) is 0 Å². The third-order valence-corrected chi connectivity index (χ3v) is 5.36. The Morgan fingerprint density at radius 1 is 1.17 bits per heavy atom. The lowest BCUT2D eigenvalue weighted by Crippen LogP contribution is -2.30. The van der Waals surface area contributed by atoms with Crippen molar-refractivity contribution in [3.05, 3.63) is 42.1 Å². The fourth-order valence-electron chi connectivity index (χ4n) is 3.70. The van der Waals surface area contributed by atoms with Crippen molar-refractivity contribution >= 4 is 28.8 Å². The molecule has 1 aromatic carbocycles. The number of nitrogens with zero attached hydrogens (tertiary/aromatic N) is 4. The Hall–Kier alpha value is -3.09. The van der Waals surface area contributed by atoms with Crippen LogP contribution in [0.5, 0.6) is 6.01 Å². The van der Waals surface area contributed by atoms with E-state index in [2.05, 4.69) is 49.4 Å². The van der Waals surface area contributed by atoms with Crippen LogP contribution in [0.2, 0.25) is 0 Å². The maximum atomic E-state index is 5.84. The van der Waals surface area contributed by atoms with Gasteiger partial charge < -0.3 is 14.6 Å². The number of aromatic amines is 1. The minimum absolute atomic E-state index is 0.416. The van der Waals surface area contributed by atoms with Gasteiger partial charge in [0.15, 0.2) is 5.82 Å². The van der Waals surface area contributed by atoms with E-state index in [-0.39, 0.29) is 0 Å². The number of hydrogen-bond donors (Lipinski definition) is 2. The number of rotatable bonds is 9. The zero-order valence-electron chi connectivity index (χ0n) is 17.6. The number of fused-ring (bicyclic) bond motifs is 1. The Kier molecular flexibility index (Phi) is 6.79. The van der Waals surface area contributed by atoms with Gasteiger partial charge in [-0.2, -0.15) is 15.1 Å². The predicted octanol–water partition coefficient (Wildman–Crippen LogP) is 4.96. The summed E-state index contributed by atoms with van der Waals surface area (Å²) >= 11 is 0. The summed E-state index contributed by atoms with van der Waals surface area (Å²) in [6.07, 6.45) is 10.7. The number of anilines is 2. The Morgan fingerprint density at radius 3 is 2.90 bits per heavy atom. The molecule has 0 unspecified atom stereocenters. The highest BCUT2D eigenvalue weighted by molar-refractivity contribution is 5.99. The van der Waals surface area contributed by atoms with Gasteiger partial charge >= 0.3 is 6.01 Å². The lowest BCUT2D eigenvalue weighted by Gasteiger charge is -2.28. The van der Waals surface area contributed by atoms with Crippen molar-refractivity contribution in [3.8, 4) is 6.01 Å². The van der Waals surface area contributed by atoms with Gasteiger partial charge in [-0.3, -0.25) is 5.43 Å². The summed E-state index contributed by atoms with van der Waals surface area (Å²) in [5.74, 6) is 1.55. The normalized spacial score (nSPS) is 14.5. The highest BCUT2D eigenvalue weighted by atomic mass is 16.5. The molecule has 4 rings (SSSR count). The van der Waals surface area contributed by atoms with Crippen LogP contribution in [0.4, 0.5) is 11.6 Å². The zero-order chi connectivity index (χ0) is 20.6. The zero-order valence-corrected chi connectivity index (χ0v) is 17.6. The summed E-state index contributed by atoms with van der Waals surface area (Å²) in [5, 5.41) is 5.55. The number of unbranched alkanes of at least 4 members (excludes halogenated alkanes) is 2. The van der Waals surface area contributed by atoms with Gasteiger partial charge in [0, 0.05) is 41.8 Å². The van der Waals surface area contributed by atoms with Crippen LogP contribution in [-0.4, -0.2) is 40.9 Å². The highest BCUT2D eigenvalue weighted by Gasteiger charge is 2.15. The Balaban J connectivity index is 1.49. The summed E-state index contributed by atoms with van der Waals surface area (Å²) in [7, 11) is 0. The third kappa shape index (κ3) is 5.09. The van der Waals surface area contributed by atoms with E-state index >= 15 is 0 Å². The van der Waals surface area contributed by atoms with Gasteiger partial charge in [0.2, 0.25) is 0 Å². The summed E-state index contributed by atoms with van der Waals surface area (Å²) in [6.45, 7) is 4.85. The largest absolute Gasteiger partial charge is 0.463 e. The molecule has 7 nitrogen and oxygen atoms in total. The average molecular weight is 407 g/mol. The first-order valence-corrected chi connectivity index (χ1v) is 11.0. The van der Waals surface area contributed by atoms with Gasteiger partial charge in [-0.15, -0.1) is 0 Å². The van der Waals surface area contributed by atoms with Crippen LogP contribution in [0.25, 0.3) is 10.9 Å². The number of benzene rings is 1. The molecule has 0 bridgehead atoms. The molecule has 2 N–H and O–H groups in total. The third-order valence-electron chi connectivity index (χ3n) is 5.36. The average Bonchev–Trinajstić information content (AvgIpc) is 3.20. The van der Waals surface area contributed by atoms with E-state index < -0.39 is 0 Å². The first-order chi connectivity index (χ1) is 14.8. The van der Waals surface area contributed by atoms with Crippen molar-refractivity contribution in [2.45, 2.75) is 45.4 Å². The number of H-pyrrole nitrogens is 1. The predicted molar refractivity (Wildman–Crippen MR) is 123 cm³/mol. The second kappa shape index (κ2) is 10.1. The lowest BCUT2D eigenvalue weighted by atomic mass is 10.1. The molecule has 0 aliphatic carbocycles. The molecule has 1 aliphatic heterocycles. The number of ether oxygens (including phenoxy) is 1. The maximum absolute atomic E-state index is 5.84. The van der Waals surface area contributed by atoms with Crippen LogP contribution in [0.3, 0.4) is 0 Å². The van der Waals surface area contributed by atoms with E-state index in [0.717, 1.165) is 54.6 Å². The van der Waals surface area contributed by atoms with Crippen molar-refractivity contribution < 1.29 is 4.74 Å². The second-order valence-electron chi connectivity index (χ2n) is 7.66. The molecule has 158 valence electrons. The van der Waals surface area contributed by atoms with Crippen LogP contribution in [0.15, 0.2) is 41.6 Å². The van der Waals surface area contributed by atoms with Gasteiger partial charge in [0.1, 0.15) is 5.82 Å². The highest BCUT2D eigenvalue weighted by Crippen LogP contribution is 2.23. The van der Waals surface area contributed by atoms with Crippen LogP contribution in [0, 0.1) is 0 Å². The van der Waals surface area contributed by atoms with Gasteiger partial charge in [-0.05, 0) is 31.7 Å². The number of hydrogen-bond acceptors (Lipinski definition) is 6. The molecule has 3 heterocycles. The molecule has 0 radical (unpaired) electrons. The van der Waals surface area contributed by atoms with Crippen molar-refractivity contribution in [2.75, 3.05) is 30.0 Å². The SMILES string of the molecule is CCCCCOc1nc(N/N=C/c2c[nH]c3ccccc23)cc(N2CCCCC2)n1. The number of nitrogens with one attached hydrogen (secondary N) is 2. The second-order valence-corrected chi connectivity index (χ2v) is 7.66. The molecule has 30 heavy (non-hydrogen) atoms. The summed E-state index contributed by atoms with van der Waals surface area (Å²) < 4.78 is 5.84. The molecule has 2 aromatic heterocycles. The summed E-state index contributed by atoms with van der Waals surface area (Å²) in [5.41, 5.74) is 5.19. The quantitative estimate of drug-likeness (QED) is 0.298. The van der Waals surface area contributed by atoms with E-state index in [1.54, 1.807) is 0 Å². The standard InChI is InChI=1S/C23H30N6O/c1-2-3-9-14-30-23-26-21(15-22(27-23)29-12-7-4-8-13-29)28-25-17-18-16-24-20-11-6-5-10-19(18)20/h5-6,10-11,15-17,24H,2-4,7-9,12-14H2,1H3,(H,26,27,28)/b25-17+. The topological polar surface area (TPSA) is 78.4 Å². The fourth-order valence-corrected chi connectivity index (χ4v) is 3.70. The Labute approximate surface area is 177 Å². The molecule has 1 saturated heterocycles. The van der Waals surface area contributed by atoms with Crippen LogP contribution in [-0.2, 0) is 0 Å². The summed E-state index contributed by atoms with van der Waals surface area (Å²) in [4.78, 5) is 14.7. The lowest BCUT2D eigenvalue weighted by molar-refractivity contribution is 0.283. The maximum Gasteiger partial charge on any atom is 0.320 e. The van der Waals surface area contributed by atoms with Crippen molar-refractivity contribution in [2.24, 2.45) is 5.10 Å². The van der Waals surface area contributed by atoms with E-state index in [1.807, 2.05) is 30.6 Å². The molecular weight excluding hydrogens is 376 g/mol. The van der Waals surface area contributed by atoms with Crippen molar-refractivity contribution in [3.63, 3.8) is 0 Å². The van der Waals surface area contributed by atoms with Crippen molar-refractivity contribution in [1.29, 1.82) is 0 Å². The molecular formula is C23H30N6O. The molecule has 0 spiro atoms. The molecule has 3 aromatic rings. The van der Waals surface area contributed by atoms with Crippen molar-refractivity contribution in [1.82, 2.24) is 15.0 Å². The first-order valence-electron chi connectivity index (χ1n) is 11.0. The van der Waals surface area contributed by atoms with Crippen LogP contribution >= 0.6 is 0 Å². The number of aromatic nitrogens is 3. The smallest absolute Gasteiger partial charge is 0.320 e. The van der Waals surface area contributed by atoms with Gasteiger partial charge in [-0.25, -0.2) is 0 Å². The van der Waals surface area contributed by atoms with E-state index in [4.69, 9.17) is 4.74 Å². The van der Waals surface area contributed by atoms with Crippen LogP contribution in [0.1, 0.15) is 51.0 Å². The first kappa shape index (κ1) is 20.2. The summed E-state index contributed by atoms with van der Waals surface area (Å²) in [6, 6.07) is 10.5. The van der Waals surface area contributed by atoms with Crippen LogP contribution < -0.4 is 15.1 Å².